The van der Waals surface area contributed by atoms with Crippen molar-refractivity contribution in [1.82, 2.24) is 15.5 Å². The Morgan fingerprint density at radius 2 is 1.96 bits per heavy atom. The van der Waals surface area contributed by atoms with Crippen LogP contribution in [0.5, 0.6) is 0 Å². The fraction of sp³-hybridized carbons (Fsp3) is 0.632. The van der Waals surface area contributed by atoms with Crippen LogP contribution in [0, 0.1) is 12.8 Å². The van der Waals surface area contributed by atoms with Gasteiger partial charge in [-0.25, -0.2) is 0 Å². The molecule has 2 fully saturated rings. The molecule has 2 saturated heterocycles. The summed E-state index contributed by atoms with van der Waals surface area (Å²) < 4.78 is 0. The van der Waals surface area contributed by atoms with E-state index in [2.05, 4.69) is 46.7 Å². The fourth-order valence-electron chi connectivity index (χ4n) is 3.79. The predicted molar refractivity (Wildman–Crippen MR) is 93.2 cm³/mol. The molecule has 3 rings (SSSR count). The average molecular weight is 315 g/mol. The number of rotatable bonds is 5. The van der Waals surface area contributed by atoms with Gasteiger partial charge in [-0.2, -0.15) is 0 Å². The predicted octanol–water partition coefficient (Wildman–Crippen LogP) is 2.08. The molecule has 0 aromatic heterocycles. The van der Waals surface area contributed by atoms with Gasteiger partial charge in [-0.15, -0.1) is 0 Å². The highest BCUT2D eigenvalue weighted by Crippen LogP contribution is 2.25. The van der Waals surface area contributed by atoms with Crippen molar-refractivity contribution in [3.05, 3.63) is 35.4 Å². The van der Waals surface area contributed by atoms with Gasteiger partial charge in [0.05, 0.1) is 6.54 Å². The topological polar surface area (TPSA) is 44.4 Å². The van der Waals surface area contributed by atoms with E-state index in [1.807, 2.05) is 0 Å². The van der Waals surface area contributed by atoms with Crippen molar-refractivity contribution in [2.24, 2.45) is 5.92 Å². The highest BCUT2D eigenvalue weighted by atomic mass is 16.2. The van der Waals surface area contributed by atoms with Crippen LogP contribution in [-0.4, -0.2) is 43.0 Å². The molecular weight excluding hydrogens is 286 g/mol. The number of nitrogens with zero attached hydrogens (tertiary/aromatic N) is 1. The van der Waals surface area contributed by atoms with Gasteiger partial charge < -0.3 is 10.6 Å². The Kier molecular flexibility index (Phi) is 5.68. The summed E-state index contributed by atoms with van der Waals surface area (Å²) in [6, 6.07) is 9.06. The Bertz CT molecular complexity index is 500. The van der Waals surface area contributed by atoms with E-state index in [9.17, 15) is 4.79 Å². The molecule has 4 heteroatoms. The number of likely N-dealkylation sites (tertiary alicyclic amines) is 1. The largest absolute Gasteiger partial charge is 0.351 e. The van der Waals surface area contributed by atoms with Crippen molar-refractivity contribution in [2.75, 3.05) is 26.2 Å². The number of aryl methyl sites for hydroxylation is 1. The highest BCUT2D eigenvalue weighted by molar-refractivity contribution is 5.78. The van der Waals surface area contributed by atoms with Crippen LogP contribution in [0.3, 0.4) is 0 Å². The van der Waals surface area contributed by atoms with Crippen LogP contribution in [0.4, 0.5) is 0 Å². The van der Waals surface area contributed by atoms with Gasteiger partial charge in [0.2, 0.25) is 5.91 Å². The molecule has 1 aromatic carbocycles. The zero-order chi connectivity index (χ0) is 16.1. The third kappa shape index (κ3) is 4.79. The summed E-state index contributed by atoms with van der Waals surface area (Å²) in [4.78, 5) is 14.4. The van der Waals surface area contributed by atoms with Crippen LogP contribution in [0.25, 0.3) is 0 Å². The molecule has 4 nitrogen and oxygen atoms in total. The number of carbonyl (C=O) groups excluding carboxylic acids is 1. The fourth-order valence-corrected chi connectivity index (χ4v) is 3.79. The molecule has 0 spiro atoms. The Labute approximate surface area is 139 Å². The maximum atomic E-state index is 12.1. The minimum absolute atomic E-state index is 0.142. The van der Waals surface area contributed by atoms with E-state index in [4.69, 9.17) is 0 Å². The van der Waals surface area contributed by atoms with Gasteiger partial charge in [-0.3, -0.25) is 9.69 Å². The zero-order valence-electron chi connectivity index (χ0n) is 14.2. The molecule has 1 aromatic rings. The van der Waals surface area contributed by atoms with Crippen LogP contribution >= 0.6 is 0 Å². The van der Waals surface area contributed by atoms with Gasteiger partial charge in [0.25, 0.3) is 0 Å². The first-order valence-corrected chi connectivity index (χ1v) is 8.99. The Morgan fingerprint density at radius 3 is 2.61 bits per heavy atom. The van der Waals surface area contributed by atoms with Crippen LogP contribution < -0.4 is 10.6 Å². The number of carbonyl (C=O) groups is 1. The quantitative estimate of drug-likeness (QED) is 0.874. The standard InChI is InChI=1S/C19H29N3O/c1-15-4-6-16(7-5-15)13-21-19(23)14-22-11-8-17(9-12-22)18-3-2-10-20-18/h4-7,17-18,20H,2-3,8-14H2,1H3,(H,21,23). The van der Waals surface area contributed by atoms with Crippen molar-refractivity contribution in [1.29, 1.82) is 0 Å². The van der Waals surface area contributed by atoms with Crippen molar-refractivity contribution in [3.63, 3.8) is 0 Å². The van der Waals surface area contributed by atoms with Crippen LogP contribution in [-0.2, 0) is 11.3 Å². The Balaban J connectivity index is 1.36. The van der Waals surface area contributed by atoms with Crippen LogP contribution in [0.15, 0.2) is 24.3 Å². The second-order valence-corrected chi connectivity index (χ2v) is 7.08. The lowest BCUT2D eigenvalue weighted by atomic mass is 9.88. The summed E-state index contributed by atoms with van der Waals surface area (Å²) in [5.74, 6) is 0.951. The minimum Gasteiger partial charge on any atom is -0.351 e. The summed E-state index contributed by atoms with van der Waals surface area (Å²) in [5, 5.41) is 6.67. The lowest BCUT2D eigenvalue weighted by Crippen LogP contribution is -2.44. The molecule has 126 valence electrons. The normalized spacial score (nSPS) is 23.1. The molecule has 1 unspecified atom stereocenters. The molecule has 1 amide bonds. The number of benzene rings is 1. The number of hydrogen-bond acceptors (Lipinski definition) is 3. The summed E-state index contributed by atoms with van der Waals surface area (Å²) in [7, 11) is 0. The zero-order valence-corrected chi connectivity index (χ0v) is 14.2. The van der Waals surface area contributed by atoms with Gasteiger partial charge in [0.15, 0.2) is 0 Å². The first kappa shape index (κ1) is 16.5. The van der Waals surface area contributed by atoms with Gasteiger partial charge in [-0.05, 0) is 63.7 Å². The van der Waals surface area contributed by atoms with Gasteiger partial charge in [0.1, 0.15) is 0 Å². The maximum absolute atomic E-state index is 12.1. The molecule has 2 aliphatic heterocycles. The van der Waals surface area contributed by atoms with Gasteiger partial charge >= 0.3 is 0 Å². The lowest BCUT2D eigenvalue weighted by molar-refractivity contribution is -0.122. The molecule has 0 radical (unpaired) electrons. The number of piperidine rings is 1. The van der Waals surface area contributed by atoms with E-state index in [0.717, 1.165) is 30.6 Å². The summed E-state index contributed by atoms with van der Waals surface area (Å²) >= 11 is 0. The molecule has 1 atom stereocenters. The Morgan fingerprint density at radius 1 is 1.22 bits per heavy atom. The second-order valence-electron chi connectivity index (χ2n) is 7.08. The molecule has 0 aliphatic carbocycles. The minimum atomic E-state index is 0.142. The number of hydrogen-bond donors (Lipinski definition) is 2. The van der Waals surface area contributed by atoms with E-state index in [-0.39, 0.29) is 5.91 Å². The third-order valence-corrected chi connectivity index (χ3v) is 5.28. The molecule has 23 heavy (non-hydrogen) atoms. The highest BCUT2D eigenvalue weighted by Gasteiger charge is 2.28. The van der Waals surface area contributed by atoms with Gasteiger partial charge in [0, 0.05) is 12.6 Å². The monoisotopic (exact) mass is 315 g/mol. The second kappa shape index (κ2) is 7.93. The SMILES string of the molecule is Cc1ccc(CNC(=O)CN2CCC(C3CCCN3)CC2)cc1. The van der Waals surface area contributed by atoms with E-state index >= 15 is 0 Å². The first-order valence-electron chi connectivity index (χ1n) is 8.99. The van der Waals surface area contributed by atoms with Crippen molar-refractivity contribution in [3.8, 4) is 0 Å². The molecule has 2 aliphatic rings. The maximum Gasteiger partial charge on any atom is 0.234 e. The lowest BCUT2D eigenvalue weighted by Gasteiger charge is -2.34. The van der Waals surface area contributed by atoms with E-state index in [1.54, 1.807) is 0 Å². The number of amides is 1. The van der Waals surface area contributed by atoms with E-state index in [0.29, 0.717) is 13.1 Å². The smallest absolute Gasteiger partial charge is 0.234 e. The Hall–Kier alpha value is -1.39. The summed E-state index contributed by atoms with van der Waals surface area (Å²) in [5.41, 5.74) is 2.41. The van der Waals surface area contributed by atoms with Crippen molar-refractivity contribution >= 4 is 5.91 Å². The molecule has 0 bridgehead atoms. The van der Waals surface area contributed by atoms with Gasteiger partial charge in [-0.1, -0.05) is 29.8 Å². The van der Waals surface area contributed by atoms with E-state index in [1.165, 1.54) is 37.8 Å². The third-order valence-electron chi connectivity index (χ3n) is 5.28. The molecule has 0 saturated carbocycles. The number of nitrogens with one attached hydrogen (secondary N) is 2. The summed E-state index contributed by atoms with van der Waals surface area (Å²) in [6.45, 7) is 6.54. The van der Waals surface area contributed by atoms with Crippen molar-refractivity contribution < 1.29 is 4.79 Å². The molecule has 2 N–H and O–H groups in total. The van der Waals surface area contributed by atoms with E-state index < -0.39 is 0 Å². The summed E-state index contributed by atoms with van der Waals surface area (Å²) in [6.07, 6.45) is 5.11. The van der Waals surface area contributed by atoms with Crippen molar-refractivity contribution in [2.45, 2.75) is 45.2 Å². The first-order chi connectivity index (χ1) is 11.2. The average Bonchev–Trinajstić information content (AvgIpc) is 3.09. The van der Waals surface area contributed by atoms with Crippen LogP contribution in [0.1, 0.15) is 36.8 Å². The molecular formula is C19H29N3O. The molecule has 2 heterocycles. The van der Waals surface area contributed by atoms with Crippen LogP contribution in [0.2, 0.25) is 0 Å².